The van der Waals surface area contributed by atoms with Crippen molar-refractivity contribution in [2.24, 2.45) is 0 Å². The number of carbonyl (C=O) groups excluding carboxylic acids is 1. The third kappa shape index (κ3) is 1.14. The second-order valence-corrected chi connectivity index (χ2v) is 2.68. The van der Waals surface area contributed by atoms with Crippen molar-refractivity contribution in [2.45, 2.75) is 0 Å². The lowest BCUT2D eigenvalue weighted by Gasteiger charge is -1.98. The Kier molecular flexibility index (Phi) is 1.92. The lowest BCUT2D eigenvalue weighted by Crippen LogP contribution is -2.06. The van der Waals surface area contributed by atoms with Gasteiger partial charge in [-0.25, -0.2) is 14.2 Å². The van der Waals surface area contributed by atoms with E-state index in [0.717, 1.165) is 0 Å². The van der Waals surface area contributed by atoms with Crippen LogP contribution in [-0.2, 0) is 4.74 Å². The third-order valence-corrected chi connectivity index (χ3v) is 1.89. The second kappa shape index (κ2) is 3.10. The molecule has 14 heavy (non-hydrogen) atoms. The summed E-state index contributed by atoms with van der Waals surface area (Å²) in [6.07, 6.45) is 2.85. The highest BCUT2D eigenvalue weighted by Gasteiger charge is 2.14. The molecule has 0 aliphatic carbocycles. The zero-order chi connectivity index (χ0) is 10.1. The van der Waals surface area contributed by atoms with Crippen LogP contribution in [0, 0.1) is 5.82 Å². The largest absolute Gasteiger partial charge is 0.463 e. The molecule has 0 atom stereocenters. The molecule has 0 N–H and O–H groups in total. The summed E-state index contributed by atoms with van der Waals surface area (Å²) in [7, 11) is 1.25. The predicted molar refractivity (Wildman–Crippen MR) is 46.5 cm³/mol. The van der Waals surface area contributed by atoms with E-state index in [-0.39, 0.29) is 11.3 Å². The number of hydrogen-bond donors (Lipinski definition) is 0. The van der Waals surface area contributed by atoms with Crippen LogP contribution >= 0.6 is 0 Å². The first kappa shape index (κ1) is 8.68. The minimum atomic E-state index is -0.587. The Morgan fingerprint density at radius 3 is 3.14 bits per heavy atom. The molecule has 0 saturated carbocycles. The second-order valence-electron chi connectivity index (χ2n) is 2.68. The molecule has 2 heterocycles. The van der Waals surface area contributed by atoms with Gasteiger partial charge in [-0.1, -0.05) is 0 Å². The molecule has 0 spiro atoms. The Morgan fingerprint density at radius 2 is 2.43 bits per heavy atom. The lowest BCUT2D eigenvalue weighted by molar-refractivity contribution is 0.0586. The smallest absolute Gasteiger partial charge is 0.374 e. The number of esters is 1. The Labute approximate surface area is 78.9 Å². The minimum Gasteiger partial charge on any atom is -0.463 e. The number of rotatable bonds is 1. The first-order chi connectivity index (χ1) is 6.74. The first-order valence-corrected chi connectivity index (χ1v) is 3.94. The van der Waals surface area contributed by atoms with Crippen LogP contribution in [0.2, 0.25) is 0 Å². The SMILES string of the molecule is COC(=O)c1ncc2c(F)cccn12. The summed E-state index contributed by atoms with van der Waals surface area (Å²) < 4.78 is 19.0. The number of fused-ring (bicyclic) bond motifs is 1. The Balaban J connectivity index is 2.70. The number of imidazole rings is 1. The summed E-state index contributed by atoms with van der Waals surface area (Å²) in [6, 6.07) is 2.80. The average Bonchev–Trinajstić information content (AvgIpc) is 2.62. The van der Waals surface area contributed by atoms with Gasteiger partial charge in [0.2, 0.25) is 5.82 Å². The molecule has 2 rings (SSSR count). The van der Waals surface area contributed by atoms with E-state index in [0.29, 0.717) is 0 Å². The summed E-state index contributed by atoms with van der Waals surface area (Å²) in [5, 5.41) is 0. The molecule has 0 aliphatic heterocycles. The predicted octanol–water partition coefficient (Wildman–Crippen LogP) is 1.26. The van der Waals surface area contributed by atoms with Crippen LogP contribution in [0.5, 0.6) is 0 Å². The Morgan fingerprint density at radius 1 is 1.64 bits per heavy atom. The van der Waals surface area contributed by atoms with Crippen molar-refractivity contribution in [1.82, 2.24) is 9.38 Å². The number of nitrogens with zero attached hydrogens (tertiary/aromatic N) is 2. The van der Waals surface area contributed by atoms with Crippen LogP contribution < -0.4 is 0 Å². The van der Waals surface area contributed by atoms with Crippen LogP contribution in [0.15, 0.2) is 24.5 Å². The summed E-state index contributed by atoms with van der Waals surface area (Å²) in [5.74, 6) is -0.937. The molecule has 2 aromatic heterocycles. The molecule has 0 bridgehead atoms. The normalized spacial score (nSPS) is 10.4. The van der Waals surface area contributed by atoms with Crippen molar-refractivity contribution in [3.05, 3.63) is 36.2 Å². The molecule has 72 valence electrons. The van der Waals surface area contributed by atoms with Gasteiger partial charge in [-0.3, -0.25) is 4.40 Å². The molecule has 5 heteroatoms. The Bertz CT molecular complexity index is 493. The van der Waals surface area contributed by atoms with E-state index in [4.69, 9.17) is 0 Å². The van der Waals surface area contributed by atoms with Crippen molar-refractivity contribution in [3.8, 4) is 0 Å². The fraction of sp³-hybridized carbons (Fsp3) is 0.111. The van der Waals surface area contributed by atoms with E-state index in [1.165, 1.54) is 29.8 Å². The highest BCUT2D eigenvalue weighted by Crippen LogP contribution is 2.11. The van der Waals surface area contributed by atoms with Crippen molar-refractivity contribution in [3.63, 3.8) is 0 Å². The van der Waals surface area contributed by atoms with Gasteiger partial charge >= 0.3 is 5.97 Å². The van der Waals surface area contributed by atoms with Gasteiger partial charge in [0.25, 0.3) is 0 Å². The molecular weight excluding hydrogens is 187 g/mol. The number of ether oxygens (including phenoxy) is 1. The zero-order valence-corrected chi connectivity index (χ0v) is 7.40. The highest BCUT2D eigenvalue weighted by molar-refractivity contribution is 5.86. The van der Waals surface area contributed by atoms with Gasteiger partial charge in [0, 0.05) is 6.20 Å². The minimum absolute atomic E-state index is 0.0713. The zero-order valence-electron chi connectivity index (χ0n) is 7.40. The third-order valence-electron chi connectivity index (χ3n) is 1.89. The van der Waals surface area contributed by atoms with Crippen LogP contribution in [0.1, 0.15) is 10.6 Å². The first-order valence-electron chi connectivity index (χ1n) is 3.94. The molecule has 0 fully saturated rings. The van der Waals surface area contributed by atoms with Gasteiger partial charge in [-0.2, -0.15) is 0 Å². The number of hydrogen-bond acceptors (Lipinski definition) is 3. The van der Waals surface area contributed by atoms with Crippen LogP contribution in [-0.4, -0.2) is 22.5 Å². The maximum Gasteiger partial charge on any atom is 0.374 e. The van der Waals surface area contributed by atoms with E-state index in [2.05, 4.69) is 9.72 Å². The van der Waals surface area contributed by atoms with E-state index in [1.54, 1.807) is 6.20 Å². The van der Waals surface area contributed by atoms with Gasteiger partial charge in [-0.15, -0.1) is 0 Å². The van der Waals surface area contributed by atoms with Crippen LogP contribution in [0.4, 0.5) is 4.39 Å². The fourth-order valence-corrected chi connectivity index (χ4v) is 1.23. The van der Waals surface area contributed by atoms with Gasteiger partial charge in [0.05, 0.1) is 13.3 Å². The summed E-state index contributed by atoms with van der Waals surface area (Å²) in [5.41, 5.74) is 0.257. The van der Waals surface area contributed by atoms with E-state index in [1.807, 2.05) is 0 Å². The molecular formula is C9H7FN2O2. The van der Waals surface area contributed by atoms with Crippen molar-refractivity contribution < 1.29 is 13.9 Å². The number of pyridine rings is 1. The highest BCUT2D eigenvalue weighted by atomic mass is 19.1. The summed E-state index contributed by atoms with van der Waals surface area (Å²) >= 11 is 0. The maximum atomic E-state index is 13.2. The standard InChI is InChI=1S/C9H7FN2O2/c1-14-9(13)8-11-5-7-6(10)3-2-4-12(7)8/h2-5H,1H3. The van der Waals surface area contributed by atoms with Crippen LogP contribution in [0.3, 0.4) is 0 Å². The van der Waals surface area contributed by atoms with Gasteiger partial charge in [0.15, 0.2) is 0 Å². The lowest BCUT2D eigenvalue weighted by atomic mass is 10.4. The molecule has 0 amide bonds. The maximum absolute atomic E-state index is 13.2. The fourth-order valence-electron chi connectivity index (χ4n) is 1.23. The molecule has 0 aliphatic rings. The Hall–Kier alpha value is -1.91. The van der Waals surface area contributed by atoms with E-state index < -0.39 is 11.8 Å². The quantitative estimate of drug-likeness (QED) is 0.642. The van der Waals surface area contributed by atoms with E-state index >= 15 is 0 Å². The number of aromatic nitrogens is 2. The molecule has 4 nitrogen and oxygen atoms in total. The summed E-state index contributed by atoms with van der Waals surface area (Å²) in [4.78, 5) is 14.9. The average molecular weight is 194 g/mol. The molecule has 0 unspecified atom stereocenters. The van der Waals surface area contributed by atoms with Crippen LogP contribution in [0.25, 0.3) is 5.52 Å². The van der Waals surface area contributed by atoms with Crippen molar-refractivity contribution in [1.29, 1.82) is 0 Å². The van der Waals surface area contributed by atoms with Gasteiger partial charge in [-0.05, 0) is 12.1 Å². The topological polar surface area (TPSA) is 43.6 Å². The number of carbonyl (C=O) groups is 1. The molecule has 0 saturated heterocycles. The molecule has 2 aromatic rings. The van der Waals surface area contributed by atoms with Gasteiger partial charge < -0.3 is 4.74 Å². The monoisotopic (exact) mass is 194 g/mol. The molecule has 0 radical (unpaired) electrons. The molecule has 0 aromatic carbocycles. The summed E-state index contributed by atoms with van der Waals surface area (Å²) in [6.45, 7) is 0. The van der Waals surface area contributed by atoms with E-state index in [9.17, 15) is 9.18 Å². The number of methoxy groups -OCH3 is 1. The number of halogens is 1. The van der Waals surface area contributed by atoms with Crippen molar-refractivity contribution >= 4 is 11.5 Å². The van der Waals surface area contributed by atoms with Crippen molar-refractivity contribution in [2.75, 3.05) is 7.11 Å². The van der Waals surface area contributed by atoms with Gasteiger partial charge in [0.1, 0.15) is 11.3 Å².